The second-order valence-electron chi connectivity index (χ2n) is 3.37. The highest BCUT2D eigenvalue weighted by Gasteiger charge is 2.20. The monoisotopic (exact) mass is 260 g/mol. The molecule has 7 heteroatoms. The second-order valence-corrected chi connectivity index (χ2v) is 5.46. The van der Waals surface area contributed by atoms with E-state index >= 15 is 0 Å². The van der Waals surface area contributed by atoms with Crippen LogP contribution in [0.3, 0.4) is 0 Å². The summed E-state index contributed by atoms with van der Waals surface area (Å²) in [5.74, 6) is -1.37. The Bertz CT molecular complexity index is 552. The lowest BCUT2D eigenvalue weighted by Gasteiger charge is -2.08. The number of nitriles is 1. The van der Waals surface area contributed by atoms with E-state index in [1.54, 1.807) is 6.07 Å². The van der Waals surface area contributed by atoms with Crippen LogP contribution in [0.15, 0.2) is 18.2 Å². The highest BCUT2D eigenvalue weighted by atomic mass is 32.2. The maximum atomic E-state index is 13.2. The van der Waals surface area contributed by atoms with Crippen LogP contribution in [0.5, 0.6) is 0 Å². The Morgan fingerprint density at radius 3 is 2.71 bits per heavy atom. The summed E-state index contributed by atoms with van der Waals surface area (Å²) in [6.07, 6.45) is 0. The van der Waals surface area contributed by atoms with Gasteiger partial charge in [0, 0.05) is 12.1 Å². The van der Waals surface area contributed by atoms with Gasteiger partial charge in [-0.2, -0.15) is 5.26 Å². The van der Waals surface area contributed by atoms with Gasteiger partial charge in [-0.1, -0.05) is 0 Å². The minimum absolute atomic E-state index is 0.112. The van der Waals surface area contributed by atoms with Gasteiger partial charge in [0.05, 0.1) is 6.07 Å². The first-order chi connectivity index (χ1) is 7.86. The average molecular weight is 260 g/mol. The van der Waals surface area contributed by atoms with E-state index in [-0.39, 0.29) is 5.56 Å². The molecule has 1 unspecified atom stereocenters. The van der Waals surface area contributed by atoms with Crippen molar-refractivity contribution in [2.75, 3.05) is 0 Å². The molecule has 4 nitrogen and oxygen atoms in total. The fourth-order valence-corrected chi connectivity index (χ4v) is 1.80. The number of nitrogens with one attached hydrogen (secondary N) is 1. The van der Waals surface area contributed by atoms with E-state index in [4.69, 9.17) is 5.26 Å². The first kappa shape index (κ1) is 13.5. The molecule has 1 rings (SSSR count). The molecule has 0 aliphatic carbocycles. The molecule has 0 saturated heterocycles. The number of hydrogen-bond acceptors (Lipinski definition) is 3. The van der Waals surface area contributed by atoms with Gasteiger partial charge in [0.1, 0.15) is 11.6 Å². The Balaban J connectivity index is 2.82. The third kappa shape index (κ3) is 3.47. The van der Waals surface area contributed by atoms with Crippen LogP contribution in [-0.4, -0.2) is 13.7 Å². The summed E-state index contributed by atoms with van der Waals surface area (Å²) < 4.78 is 50.8. The molecule has 0 radical (unpaired) electrons. The van der Waals surface area contributed by atoms with Crippen molar-refractivity contribution in [3.63, 3.8) is 0 Å². The Labute approximate surface area is 97.9 Å². The molecule has 0 aliphatic rings. The molecule has 0 fully saturated rings. The number of rotatable bonds is 4. The molecule has 17 heavy (non-hydrogen) atoms. The van der Waals surface area contributed by atoms with Gasteiger partial charge in [0.2, 0.25) is 10.0 Å². The molecule has 92 valence electrons. The van der Waals surface area contributed by atoms with Crippen LogP contribution in [0.2, 0.25) is 0 Å². The maximum absolute atomic E-state index is 13.2. The van der Waals surface area contributed by atoms with Crippen LogP contribution in [-0.2, 0) is 16.6 Å². The standard InChI is InChI=1S/C10H10F2N2O2S/c1-7(5-13)17(15,16)14-6-8-4-9(11)2-3-10(8)12/h2-4,7,14H,6H2,1H3. The van der Waals surface area contributed by atoms with Gasteiger partial charge in [-0.3, -0.25) is 0 Å². The summed E-state index contributed by atoms with van der Waals surface area (Å²) in [7, 11) is -3.84. The van der Waals surface area contributed by atoms with E-state index in [0.717, 1.165) is 18.2 Å². The zero-order valence-corrected chi connectivity index (χ0v) is 9.76. The van der Waals surface area contributed by atoms with Gasteiger partial charge in [0.25, 0.3) is 0 Å². The molecule has 0 aliphatic heterocycles. The van der Waals surface area contributed by atoms with Crippen LogP contribution in [0.25, 0.3) is 0 Å². The van der Waals surface area contributed by atoms with Crippen molar-refractivity contribution in [1.29, 1.82) is 5.26 Å². The molecule has 1 aromatic rings. The third-order valence-electron chi connectivity index (χ3n) is 2.12. The lowest BCUT2D eigenvalue weighted by molar-refractivity contribution is 0.564. The zero-order chi connectivity index (χ0) is 13.1. The quantitative estimate of drug-likeness (QED) is 0.887. The minimum atomic E-state index is -3.84. The molecule has 0 heterocycles. The van der Waals surface area contributed by atoms with E-state index in [1.807, 2.05) is 4.72 Å². The summed E-state index contributed by atoms with van der Waals surface area (Å²) in [5.41, 5.74) is -0.112. The van der Waals surface area contributed by atoms with Crippen molar-refractivity contribution in [1.82, 2.24) is 4.72 Å². The van der Waals surface area contributed by atoms with Crippen molar-refractivity contribution in [3.8, 4) is 6.07 Å². The molecular weight excluding hydrogens is 250 g/mol. The van der Waals surface area contributed by atoms with E-state index in [9.17, 15) is 17.2 Å². The van der Waals surface area contributed by atoms with Crippen LogP contribution in [0.1, 0.15) is 12.5 Å². The number of sulfonamides is 1. The van der Waals surface area contributed by atoms with Crippen molar-refractivity contribution in [2.45, 2.75) is 18.7 Å². The highest BCUT2D eigenvalue weighted by Crippen LogP contribution is 2.10. The van der Waals surface area contributed by atoms with E-state index in [2.05, 4.69) is 0 Å². The maximum Gasteiger partial charge on any atom is 0.227 e. The molecule has 0 spiro atoms. The number of halogens is 2. The first-order valence-electron chi connectivity index (χ1n) is 4.69. The molecule has 0 saturated carbocycles. The molecule has 1 N–H and O–H groups in total. The summed E-state index contributed by atoms with van der Waals surface area (Å²) in [6, 6.07) is 4.29. The summed E-state index contributed by atoms with van der Waals surface area (Å²) in [4.78, 5) is 0. The molecule has 0 amide bonds. The van der Waals surface area contributed by atoms with Crippen molar-refractivity contribution >= 4 is 10.0 Å². The van der Waals surface area contributed by atoms with Gasteiger partial charge < -0.3 is 0 Å². The van der Waals surface area contributed by atoms with E-state index in [1.165, 1.54) is 6.92 Å². The van der Waals surface area contributed by atoms with E-state index in [0.29, 0.717) is 0 Å². The Kier molecular flexibility index (Phi) is 4.15. The predicted octanol–water partition coefficient (Wildman–Crippen LogP) is 1.30. The van der Waals surface area contributed by atoms with Crippen molar-refractivity contribution in [2.24, 2.45) is 0 Å². The van der Waals surface area contributed by atoms with Crippen LogP contribution in [0, 0.1) is 23.0 Å². The number of hydrogen-bond donors (Lipinski definition) is 1. The van der Waals surface area contributed by atoms with Crippen LogP contribution < -0.4 is 4.72 Å². The van der Waals surface area contributed by atoms with Crippen molar-refractivity contribution < 1.29 is 17.2 Å². The molecule has 0 aromatic heterocycles. The third-order valence-corrected chi connectivity index (χ3v) is 3.70. The van der Waals surface area contributed by atoms with Gasteiger partial charge >= 0.3 is 0 Å². The molecule has 1 atom stereocenters. The van der Waals surface area contributed by atoms with Gasteiger partial charge in [-0.15, -0.1) is 0 Å². The first-order valence-corrected chi connectivity index (χ1v) is 6.23. The average Bonchev–Trinajstić information content (AvgIpc) is 2.29. The highest BCUT2D eigenvalue weighted by molar-refractivity contribution is 7.90. The van der Waals surface area contributed by atoms with Gasteiger partial charge in [0.15, 0.2) is 5.25 Å². The summed E-state index contributed by atoms with van der Waals surface area (Å²) in [6.45, 7) is 0.808. The van der Waals surface area contributed by atoms with E-state index < -0.39 is 33.5 Å². The molecule has 1 aromatic carbocycles. The van der Waals surface area contributed by atoms with Crippen molar-refractivity contribution in [3.05, 3.63) is 35.4 Å². The number of nitrogens with zero attached hydrogens (tertiary/aromatic N) is 1. The number of benzene rings is 1. The second kappa shape index (κ2) is 5.21. The summed E-state index contributed by atoms with van der Waals surface area (Å²) >= 11 is 0. The summed E-state index contributed by atoms with van der Waals surface area (Å²) in [5, 5.41) is 7.21. The lowest BCUT2D eigenvalue weighted by Crippen LogP contribution is -2.31. The Hall–Kier alpha value is -1.52. The predicted molar refractivity (Wildman–Crippen MR) is 57.2 cm³/mol. The Morgan fingerprint density at radius 2 is 2.12 bits per heavy atom. The fourth-order valence-electron chi connectivity index (χ4n) is 1.05. The van der Waals surface area contributed by atoms with Crippen LogP contribution >= 0.6 is 0 Å². The minimum Gasteiger partial charge on any atom is -0.211 e. The molecule has 0 bridgehead atoms. The largest absolute Gasteiger partial charge is 0.227 e. The topological polar surface area (TPSA) is 70.0 Å². The van der Waals surface area contributed by atoms with Gasteiger partial charge in [-0.05, 0) is 25.1 Å². The smallest absolute Gasteiger partial charge is 0.211 e. The lowest BCUT2D eigenvalue weighted by atomic mass is 10.2. The fraction of sp³-hybridized carbons (Fsp3) is 0.300. The Morgan fingerprint density at radius 1 is 1.47 bits per heavy atom. The van der Waals surface area contributed by atoms with Crippen LogP contribution in [0.4, 0.5) is 8.78 Å². The van der Waals surface area contributed by atoms with Gasteiger partial charge in [-0.25, -0.2) is 21.9 Å². The zero-order valence-electron chi connectivity index (χ0n) is 8.94. The normalized spacial score (nSPS) is 13.1. The SMILES string of the molecule is CC(C#N)S(=O)(=O)NCc1cc(F)ccc1F. The molecular formula is C10H10F2N2O2S.